The Hall–Kier alpha value is -2.56. The van der Waals surface area contributed by atoms with Crippen LogP contribution < -0.4 is 15.4 Å². The fourth-order valence-electron chi connectivity index (χ4n) is 2.44. The van der Waals surface area contributed by atoms with Gasteiger partial charge in [0.25, 0.3) is 0 Å². The highest BCUT2D eigenvalue weighted by Gasteiger charge is 2.07. The van der Waals surface area contributed by atoms with E-state index in [4.69, 9.17) is 4.74 Å². The van der Waals surface area contributed by atoms with Crippen molar-refractivity contribution in [2.45, 2.75) is 39.8 Å². The molecule has 5 nitrogen and oxygen atoms in total. The molecule has 0 saturated heterocycles. The summed E-state index contributed by atoms with van der Waals surface area (Å²) in [5, 5.41) is 6.68. The molecule has 0 radical (unpaired) electrons. The maximum absolute atomic E-state index is 5.92. The molecular weight excluding hydrogens is 312 g/mol. The molecule has 0 aliphatic carbocycles. The second kappa shape index (κ2) is 9.67. The first kappa shape index (κ1) is 18.8. The second-order valence-corrected chi connectivity index (χ2v) is 6.24. The van der Waals surface area contributed by atoms with Crippen molar-refractivity contribution < 1.29 is 4.74 Å². The van der Waals surface area contributed by atoms with Crippen molar-refractivity contribution in [3.05, 3.63) is 59.4 Å². The van der Waals surface area contributed by atoms with Crippen molar-refractivity contribution in [1.82, 2.24) is 15.6 Å². The van der Waals surface area contributed by atoms with Gasteiger partial charge in [-0.2, -0.15) is 0 Å². The zero-order chi connectivity index (χ0) is 18.1. The van der Waals surface area contributed by atoms with Crippen LogP contribution in [0, 0.1) is 6.92 Å². The van der Waals surface area contributed by atoms with Gasteiger partial charge in [0.1, 0.15) is 5.75 Å². The number of nitrogens with zero attached hydrogens (tertiary/aromatic N) is 2. The summed E-state index contributed by atoms with van der Waals surface area (Å²) >= 11 is 0. The summed E-state index contributed by atoms with van der Waals surface area (Å²) in [7, 11) is 1.78. The first-order valence-electron chi connectivity index (χ1n) is 8.68. The van der Waals surface area contributed by atoms with Gasteiger partial charge in [0.05, 0.1) is 6.10 Å². The number of aliphatic imine (C=N–C) groups is 1. The predicted molar refractivity (Wildman–Crippen MR) is 103 cm³/mol. The monoisotopic (exact) mass is 340 g/mol. The van der Waals surface area contributed by atoms with Crippen molar-refractivity contribution in [3.63, 3.8) is 0 Å². The molecule has 2 aromatic rings. The Kier molecular flexibility index (Phi) is 7.26. The number of hydrogen-bond acceptors (Lipinski definition) is 3. The van der Waals surface area contributed by atoms with E-state index in [1.165, 1.54) is 11.1 Å². The third kappa shape index (κ3) is 6.45. The maximum atomic E-state index is 5.92. The normalized spacial score (nSPS) is 11.5. The maximum Gasteiger partial charge on any atom is 0.191 e. The van der Waals surface area contributed by atoms with Crippen LogP contribution in [-0.2, 0) is 13.0 Å². The number of ether oxygens (including phenoxy) is 1. The van der Waals surface area contributed by atoms with Crippen LogP contribution in [0.25, 0.3) is 0 Å². The third-order valence-corrected chi connectivity index (χ3v) is 3.68. The molecule has 134 valence electrons. The van der Waals surface area contributed by atoms with Crippen LogP contribution in [0.1, 0.15) is 30.5 Å². The van der Waals surface area contributed by atoms with Gasteiger partial charge in [0, 0.05) is 38.1 Å². The van der Waals surface area contributed by atoms with Crippen molar-refractivity contribution >= 4 is 5.96 Å². The van der Waals surface area contributed by atoms with Gasteiger partial charge in [-0.1, -0.05) is 18.2 Å². The number of nitrogens with one attached hydrogen (secondary N) is 2. The Morgan fingerprint density at radius 2 is 2.08 bits per heavy atom. The number of rotatable bonds is 7. The Labute approximate surface area is 150 Å². The van der Waals surface area contributed by atoms with E-state index in [9.17, 15) is 0 Å². The van der Waals surface area contributed by atoms with E-state index >= 15 is 0 Å². The van der Waals surface area contributed by atoms with E-state index in [0.717, 1.165) is 30.2 Å². The molecule has 1 heterocycles. The van der Waals surface area contributed by atoms with Gasteiger partial charge < -0.3 is 15.4 Å². The summed E-state index contributed by atoms with van der Waals surface area (Å²) in [6.07, 6.45) is 4.73. The topological polar surface area (TPSA) is 58.5 Å². The zero-order valence-corrected chi connectivity index (χ0v) is 15.5. The standard InChI is InChI=1S/C20H28N4O/c1-15(2)25-19-12-16(3)7-8-18(19)14-24-20(21-4)23-11-9-17-6-5-10-22-13-17/h5-8,10,12-13,15H,9,11,14H2,1-4H3,(H2,21,23,24). The van der Waals surface area contributed by atoms with Gasteiger partial charge in [-0.05, 0) is 50.5 Å². The molecule has 0 bridgehead atoms. The summed E-state index contributed by atoms with van der Waals surface area (Å²) < 4.78 is 5.92. The molecule has 0 saturated carbocycles. The van der Waals surface area contributed by atoms with Gasteiger partial charge >= 0.3 is 0 Å². The summed E-state index contributed by atoms with van der Waals surface area (Å²) in [4.78, 5) is 8.41. The van der Waals surface area contributed by atoms with Crippen LogP contribution in [-0.4, -0.2) is 30.6 Å². The molecule has 0 unspecified atom stereocenters. The van der Waals surface area contributed by atoms with Crippen molar-refractivity contribution in [2.24, 2.45) is 4.99 Å². The van der Waals surface area contributed by atoms with Crippen LogP contribution in [0.2, 0.25) is 0 Å². The SMILES string of the molecule is CN=C(NCCc1cccnc1)NCc1ccc(C)cc1OC(C)C. The van der Waals surface area contributed by atoms with Gasteiger partial charge in [0.2, 0.25) is 0 Å². The lowest BCUT2D eigenvalue weighted by Crippen LogP contribution is -2.38. The van der Waals surface area contributed by atoms with Crippen LogP contribution in [0.15, 0.2) is 47.7 Å². The number of pyridine rings is 1. The van der Waals surface area contributed by atoms with Crippen molar-refractivity contribution in [2.75, 3.05) is 13.6 Å². The van der Waals surface area contributed by atoms with E-state index in [1.807, 2.05) is 26.1 Å². The molecule has 5 heteroatoms. The number of hydrogen-bond donors (Lipinski definition) is 2. The average molecular weight is 340 g/mol. The molecule has 0 atom stereocenters. The molecule has 1 aromatic carbocycles. The van der Waals surface area contributed by atoms with E-state index < -0.39 is 0 Å². The lowest BCUT2D eigenvalue weighted by molar-refractivity contribution is 0.239. The number of aromatic nitrogens is 1. The van der Waals surface area contributed by atoms with E-state index in [2.05, 4.69) is 51.8 Å². The van der Waals surface area contributed by atoms with Crippen LogP contribution in [0.5, 0.6) is 5.75 Å². The molecule has 2 rings (SSSR count). The zero-order valence-electron chi connectivity index (χ0n) is 15.5. The Morgan fingerprint density at radius 1 is 1.24 bits per heavy atom. The molecule has 0 amide bonds. The summed E-state index contributed by atoms with van der Waals surface area (Å²) in [6, 6.07) is 10.3. The van der Waals surface area contributed by atoms with Gasteiger partial charge in [-0.25, -0.2) is 0 Å². The fourth-order valence-corrected chi connectivity index (χ4v) is 2.44. The molecule has 0 spiro atoms. The van der Waals surface area contributed by atoms with Gasteiger partial charge in [-0.3, -0.25) is 9.98 Å². The molecule has 0 fully saturated rings. The number of aryl methyl sites for hydroxylation is 1. The highest BCUT2D eigenvalue weighted by Crippen LogP contribution is 2.21. The van der Waals surface area contributed by atoms with Crippen molar-refractivity contribution in [1.29, 1.82) is 0 Å². The highest BCUT2D eigenvalue weighted by atomic mass is 16.5. The summed E-state index contributed by atoms with van der Waals surface area (Å²) in [5.41, 5.74) is 3.52. The quantitative estimate of drug-likeness (QED) is 0.601. The minimum atomic E-state index is 0.150. The number of benzene rings is 1. The molecule has 0 aliphatic rings. The first-order valence-corrected chi connectivity index (χ1v) is 8.68. The van der Waals surface area contributed by atoms with Crippen LogP contribution in [0.4, 0.5) is 0 Å². The van der Waals surface area contributed by atoms with Crippen molar-refractivity contribution in [3.8, 4) is 5.75 Å². The minimum Gasteiger partial charge on any atom is -0.491 e. The molecular formula is C20H28N4O. The van der Waals surface area contributed by atoms with Crippen LogP contribution in [0.3, 0.4) is 0 Å². The summed E-state index contributed by atoms with van der Waals surface area (Å²) in [6.45, 7) is 7.61. The molecule has 25 heavy (non-hydrogen) atoms. The molecule has 2 N–H and O–H groups in total. The van der Waals surface area contributed by atoms with E-state index in [-0.39, 0.29) is 6.10 Å². The Bertz CT molecular complexity index is 683. The Morgan fingerprint density at radius 3 is 2.76 bits per heavy atom. The minimum absolute atomic E-state index is 0.150. The largest absolute Gasteiger partial charge is 0.491 e. The lowest BCUT2D eigenvalue weighted by atomic mass is 10.1. The van der Waals surface area contributed by atoms with E-state index in [0.29, 0.717) is 6.54 Å². The lowest BCUT2D eigenvalue weighted by Gasteiger charge is -2.17. The first-order chi connectivity index (χ1) is 12.1. The smallest absolute Gasteiger partial charge is 0.191 e. The van der Waals surface area contributed by atoms with Gasteiger partial charge in [0.15, 0.2) is 5.96 Å². The molecule has 0 aliphatic heterocycles. The second-order valence-electron chi connectivity index (χ2n) is 6.24. The number of guanidine groups is 1. The third-order valence-electron chi connectivity index (χ3n) is 3.68. The summed E-state index contributed by atoms with van der Waals surface area (Å²) in [5.74, 6) is 1.70. The highest BCUT2D eigenvalue weighted by molar-refractivity contribution is 5.79. The van der Waals surface area contributed by atoms with E-state index in [1.54, 1.807) is 13.2 Å². The fraction of sp³-hybridized carbons (Fsp3) is 0.400. The molecule has 1 aromatic heterocycles. The average Bonchev–Trinajstić information content (AvgIpc) is 2.59. The van der Waals surface area contributed by atoms with Crippen LogP contribution >= 0.6 is 0 Å². The van der Waals surface area contributed by atoms with Gasteiger partial charge in [-0.15, -0.1) is 0 Å². The Balaban J connectivity index is 1.88. The predicted octanol–water partition coefficient (Wildman–Crippen LogP) is 3.08.